The Morgan fingerprint density at radius 3 is 2.57 bits per heavy atom. The predicted molar refractivity (Wildman–Crippen MR) is 77.8 cm³/mol. The number of nitrogens with one attached hydrogen (secondary N) is 1. The van der Waals surface area contributed by atoms with E-state index in [1.54, 1.807) is 0 Å². The molecule has 0 aliphatic rings. The fourth-order valence-corrected chi connectivity index (χ4v) is 3.95. The van der Waals surface area contributed by atoms with Gasteiger partial charge in [0.05, 0.1) is 11.4 Å². The van der Waals surface area contributed by atoms with Gasteiger partial charge in [-0.05, 0) is 19.4 Å². The molecule has 0 saturated heterocycles. The van der Waals surface area contributed by atoms with E-state index in [1.807, 2.05) is 13.8 Å². The number of hydrogen-bond acceptors (Lipinski definition) is 5. The van der Waals surface area contributed by atoms with E-state index in [-0.39, 0.29) is 5.13 Å². The smallest absolute Gasteiger partial charge is 0.266 e. The highest BCUT2D eigenvalue weighted by atomic mass is 32.2. The molecule has 21 heavy (non-hydrogen) atoms. The van der Waals surface area contributed by atoms with E-state index < -0.39 is 32.2 Å². The van der Waals surface area contributed by atoms with Crippen LogP contribution >= 0.6 is 11.3 Å². The first-order chi connectivity index (χ1) is 9.74. The lowest BCUT2D eigenvalue weighted by Gasteiger charge is -2.07. The summed E-state index contributed by atoms with van der Waals surface area (Å²) in [7, 11) is -4.22. The number of sulfonamides is 1. The molecule has 0 aliphatic heterocycles. The minimum Gasteiger partial charge on any atom is -0.396 e. The van der Waals surface area contributed by atoms with Crippen LogP contribution in [-0.2, 0) is 16.4 Å². The van der Waals surface area contributed by atoms with Gasteiger partial charge >= 0.3 is 0 Å². The monoisotopic (exact) mass is 333 g/mol. The molecule has 1 aromatic heterocycles. The average Bonchev–Trinajstić information content (AvgIpc) is 2.72. The maximum Gasteiger partial charge on any atom is 0.266 e. The van der Waals surface area contributed by atoms with Gasteiger partial charge in [-0.2, -0.15) is 0 Å². The number of aromatic nitrogens is 1. The summed E-state index contributed by atoms with van der Waals surface area (Å²) in [4.78, 5) is 4.26. The van der Waals surface area contributed by atoms with Crippen LogP contribution in [-0.4, -0.2) is 13.4 Å². The second-order valence-electron chi connectivity index (χ2n) is 4.29. The van der Waals surface area contributed by atoms with Crippen molar-refractivity contribution in [1.82, 2.24) is 4.98 Å². The molecule has 0 saturated carbocycles. The molecule has 0 radical (unpaired) electrons. The van der Waals surface area contributed by atoms with Gasteiger partial charge in [0.15, 0.2) is 5.13 Å². The number of hydrogen-bond donors (Lipinski definition) is 2. The molecule has 2 aromatic rings. The second-order valence-corrected chi connectivity index (χ2v) is 7.14. The standard InChI is InChI=1S/C12H13F2N3O2S2/c1-3-10-6(2)20-12(16-10)17-21(18,19)11-5-9(15)7(13)4-8(11)14/h4-5H,3,15H2,1-2H3,(H,16,17). The lowest BCUT2D eigenvalue weighted by Crippen LogP contribution is -2.15. The molecular formula is C12H13F2N3O2S2. The van der Waals surface area contributed by atoms with Crippen molar-refractivity contribution in [3.63, 3.8) is 0 Å². The summed E-state index contributed by atoms with van der Waals surface area (Å²) in [6.45, 7) is 3.70. The molecule has 114 valence electrons. The van der Waals surface area contributed by atoms with Gasteiger partial charge in [-0.25, -0.2) is 22.2 Å². The third kappa shape index (κ3) is 3.13. The summed E-state index contributed by atoms with van der Waals surface area (Å²) >= 11 is 1.14. The molecule has 0 spiro atoms. The maximum absolute atomic E-state index is 13.6. The van der Waals surface area contributed by atoms with Crippen LogP contribution < -0.4 is 10.5 Å². The van der Waals surface area contributed by atoms with Crippen molar-refractivity contribution in [2.45, 2.75) is 25.2 Å². The average molecular weight is 333 g/mol. The van der Waals surface area contributed by atoms with Gasteiger partial charge in [-0.1, -0.05) is 6.92 Å². The van der Waals surface area contributed by atoms with Crippen LogP contribution in [0.15, 0.2) is 17.0 Å². The third-order valence-corrected chi connectivity index (χ3v) is 5.20. The van der Waals surface area contributed by atoms with Crippen molar-refractivity contribution in [3.8, 4) is 0 Å². The topological polar surface area (TPSA) is 85.1 Å². The Labute approximate surface area is 124 Å². The Kier molecular flexibility index (Phi) is 4.15. The van der Waals surface area contributed by atoms with Gasteiger partial charge in [0.1, 0.15) is 16.5 Å². The van der Waals surface area contributed by atoms with Crippen molar-refractivity contribution in [2.75, 3.05) is 10.5 Å². The Morgan fingerprint density at radius 1 is 1.33 bits per heavy atom. The van der Waals surface area contributed by atoms with Crippen molar-refractivity contribution < 1.29 is 17.2 Å². The second kappa shape index (κ2) is 5.57. The van der Waals surface area contributed by atoms with Crippen molar-refractivity contribution in [2.24, 2.45) is 0 Å². The molecule has 0 fully saturated rings. The number of nitrogen functional groups attached to an aromatic ring is 1. The lowest BCUT2D eigenvalue weighted by molar-refractivity contribution is 0.553. The highest BCUT2D eigenvalue weighted by Crippen LogP contribution is 2.27. The fourth-order valence-electron chi connectivity index (χ4n) is 1.72. The van der Waals surface area contributed by atoms with Gasteiger partial charge in [-0.15, -0.1) is 11.3 Å². The molecule has 3 N–H and O–H groups in total. The molecule has 5 nitrogen and oxygen atoms in total. The first-order valence-electron chi connectivity index (χ1n) is 5.98. The van der Waals surface area contributed by atoms with E-state index in [0.717, 1.165) is 28.0 Å². The van der Waals surface area contributed by atoms with Gasteiger partial charge in [0.25, 0.3) is 10.0 Å². The zero-order valence-corrected chi connectivity index (χ0v) is 12.9. The zero-order valence-electron chi connectivity index (χ0n) is 11.3. The van der Waals surface area contributed by atoms with Gasteiger partial charge in [-0.3, -0.25) is 4.72 Å². The summed E-state index contributed by atoms with van der Waals surface area (Å²) in [5.41, 5.74) is 5.60. The highest BCUT2D eigenvalue weighted by molar-refractivity contribution is 7.93. The normalized spacial score (nSPS) is 11.6. The SMILES string of the molecule is CCc1nc(NS(=O)(=O)c2cc(N)c(F)cc2F)sc1C. The number of nitrogens with zero attached hydrogens (tertiary/aromatic N) is 1. The molecule has 0 bridgehead atoms. The number of aryl methyl sites for hydroxylation is 2. The quantitative estimate of drug-likeness (QED) is 0.843. The number of thiazole rings is 1. The van der Waals surface area contributed by atoms with Crippen molar-refractivity contribution in [1.29, 1.82) is 0 Å². The van der Waals surface area contributed by atoms with E-state index in [9.17, 15) is 17.2 Å². The minimum atomic E-state index is -4.22. The largest absolute Gasteiger partial charge is 0.396 e. The lowest BCUT2D eigenvalue weighted by atomic mass is 10.3. The van der Waals surface area contributed by atoms with E-state index in [1.165, 1.54) is 0 Å². The molecule has 1 heterocycles. The summed E-state index contributed by atoms with van der Waals surface area (Å²) < 4.78 is 53.2. The van der Waals surface area contributed by atoms with E-state index >= 15 is 0 Å². The van der Waals surface area contributed by atoms with Gasteiger partial charge < -0.3 is 5.73 Å². The summed E-state index contributed by atoms with van der Waals surface area (Å²) in [6.07, 6.45) is 0.655. The number of rotatable bonds is 4. The van der Waals surface area contributed by atoms with E-state index in [0.29, 0.717) is 12.5 Å². The van der Waals surface area contributed by atoms with Crippen LogP contribution in [0.2, 0.25) is 0 Å². The number of halogens is 2. The highest BCUT2D eigenvalue weighted by Gasteiger charge is 2.23. The van der Waals surface area contributed by atoms with Crippen LogP contribution in [0, 0.1) is 18.6 Å². The number of nitrogens with two attached hydrogens (primary N) is 1. The number of benzene rings is 1. The zero-order chi connectivity index (χ0) is 15.8. The fraction of sp³-hybridized carbons (Fsp3) is 0.250. The molecule has 0 atom stereocenters. The molecule has 0 amide bonds. The molecule has 0 unspecified atom stereocenters. The maximum atomic E-state index is 13.6. The Hall–Kier alpha value is -1.74. The van der Waals surface area contributed by atoms with Gasteiger partial charge in [0, 0.05) is 10.9 Å². The van der Waals surface area contributed by atoms with Crippen molar-refractivity contribution in [3.05, 3.63) is 34.3 Å². The predicted octanol–water partition coefficient (Wildman–Crippen LogP) is 2.68. The van der Waals surface area contributed by atoms with Crippen LogP contribution in [0.4, 0.5) is 19.6 Å². The van der Waals surface area contributed by atoms with E-state index in [4.69, 9.17) is 5.73 Å². The minimum absolute atomic E-state index is 0.131. The molecule has 0 aliphatic carbocycles. The molecular weight excluding hydrogens is 320 g/mol. The first-order valence-corrected chi connectivity index (χ1v) is 8.28. The Bertz CT molecular complexity index is 788. The van der Waals surface area contributed by atoms with Crippen molar-refractivity contribution >= 4 is 32.2 Å². The van der Waals surface area contributed by atoms with Crippen LogP contribution in [0.1, 0.15) is 17.5 Å². The summed E-state index contributed by atoms with van der Waals surface area (Å²) in [5.74, 6) is -2.22. The van der Waals surface area contributed by atoms with Crippen LogP contribution in [0.25, 0.3) is 0 Å². The summed E-state index contributed by atoms with van der Waals surface area (Å²) in [6, 6.07) is 1.18. The Balaban J connectivity index is 2.40. The van der Waals surface area contributed by atoms with Gasteiger partial charge in [0.2, 0.25) is 0 Å². The Morgan fingerprint density at radius 2 is 2.00 bits per heavy atom. The molecule has 2 rings (SSSR count). The molecule has 1 aromatic carbocycles. The van der Waals surface area contributed by atoms with Crippen LogP contribution in [0.5, 0.6) is 0 Å². The first kappa shape index (κ1) is 15.6. The molecule has 9 heteroatoms. The third-order valence-electron chi connectivity index (χ3n) is 2.79. The summed E-state index contributed by atoms with van der Waals surface area (Å²) in [5, 5.41) is 0.131. The van der Waals surface area contributed by atoms with Crippen LogP contribution in [0.3, 0.4) is 0 Å². The number of anilines is 2. The van der Waals surface area contributed by atoms with E-state index in [2.05, 4.69) is 9.71 Å².